The number of nitrogens with one attached hydrogen (secondary N) is 2. The molecule has 6 rings (SSSR count). The second-order valence-electron chi connectivity index (χ2n) is 9.84. The summed E-state index contributed by atoms with van der Waals surface area (Å²) in [5.74, 6) is 0.850. The van der Waals surface area contributed by atoms with E-state index in [-0.39, 0.29) is 5.88 Å². The number of aromatic amines is 1. The van der Waals surface area contributed by atoms with Gasteiger partial charge in [-0.3, -0.25) is 4.40 Å². The standard InChI is InChI=1S/C29H31N5O/c1-19(2)33-14-11-21(12-15-33)20-3-6-24(7-4-20)32-26-9-10-27(34-16-13-30-28(26)34)22-5-8-25-23(17-22)18-31-29(25)35/h3-10,13,16-19,21,31-32,35H,11-12,14-15H2,1-2H3. The Morgan fingerprint density at radius 1 is 1.03 bits per heavy atom. The van der Waals surface area contributed by atoms with Crippen LogP contribution >= 0.6 is 0 Å². The fraction of sp³-hybridized carbons (Fsp3) is 0.276. The number of fused-ring (bicyclic) bond motifs is 2. The number of nitrogens with zero attached hydrogens (tertiary/aromatic N) is 3. The van der Waals surface area contributed by atoms with E-state index < -0.39 is 0 Å². The van der Waals surface area contributed by atoms with Crippen LogP contribution in [-0.4, -0.2) is 43.5 Å². The number of likely N-dealkylation sites (tertiary alicyclic amines) is 1. The zero-order chi connectivity index (χ0) is 23.9. The van der Waals surface area contributed by atoms with Gasteiger partial charge in [0.25, 0.3) is 0 Å². The lowest BCUT2D eigenvalue weighted by Gasteiger charge is -2.34. The predicted molar refractivity (Wildman–Crippen MR) is 143 cm³/mol. The van der Waals surface area contributed by atoms with Crippen molar-refractivity contribution < 1.29 is 5.11 Å². The normalized spacial score (nSPS) is 15.4. The number of pyridine rings is 1. The van der Waals surface area contributed by atoms with Gasteiger partial charge in [-0.1, -0.05) is 18.2 Å². The molecule has 5 aromatic rings. The Balaban J connectivity index is 1.23. The molecule has 6 nitrogen and oxygen atoms in total. The second kappa shape index (κ2) is 8.78. The monoisotopic (exact) mass is 465 g/mol. The molecule has 1 saturated heterocycles. The minimum atomic E-state index is 0.200. The van der Waals surface area contributed by atoms with Crippen LogP contribution in [0, 0.1) is 0 Å². The number of rotatable bonds is 5. The van der Waals surface area contributed by atoms with Crippen LogP contribution in [0.15, 0.2) is 73.2 Å². The summed E-state index contributed by atoms with van der Waals surface area (Å²) in [4.78, 5) is 10.1. The molecular weight excluding hydrogens is 434 g/mol. The number of hydrogen-bond donors (Lipinski definition) is 3. The molecule has 1 aliphatic heterocycles. The fourth-order valence-electron chi connectivity index (χ4n) is 5.37. The zero-order valence-electron chi connectivity index (χ0n) is 20.2. The van der Waals surface area contributed by atoms with Crippen LogP contribution in [0.4, 0.5) is 11.4 Å². The highest BCUT2D eigenvalue weighted by Gasteiger charge is 2.22. The topological polar surface area (TPSA) is 68.6 Å². The Morgan fingerprint density at radius 3 is 2.60 bits per heavy atom. The molecule has 0 radical (unpaired) electrons. The number of benzene rings is 2. The molecule has 178 valence electrons. The molecule has 0 spiro atoms. The summed E-state index contributed by atoms with van der Waals surface area (Å²) in [6.07, 6.45) is 8.11. The summed E-state index contributed by atoms with van der Waals surface area (Å²) in [5, 5.41) is 15.3. The van der Waals surface area contributed by atoms with Gasteiger partial charge < -0.3 is 20.3 Å². The Morgan fingerprint density at radius 2 is 1.83 bits per heavy atom. The molecule has 0 amide bonds. The van der Waals surface area contributed by atoms with Crippen LogP contribution in [0.2, 0.25) is 0 Å². The average Bonchev–Trinajstić information content (AvgIpc) is 3.52. The van der Waals surface area contributed by atoms with E-state index in [0.29, 0.717) is 12.0 Å². The van der Waals surface area contributed by atoms with Gasteiger partial charge in [-0.15, -0.1) is 0 Å². The quantitative estimate of drug-likeness (QED) is 0.276. The molecule has 35 heavy (non-hydrogen) atoms. The van der Waals surface area contributed by atoms with Gasteiger partial charge in [0, 0.05) is 41.1 Å². The maximum atomic E-state index is 9.93. The van der Waals surface area contributed by atoms with Crippen LogP contribution in [0.25, 0.3) is 27.7 Å². The number of piperidine rings is 1. The van der Waals surface area contributed by atoms with Crippen LogP contribution < -0.4 is 5.32 Å². The Labute approximate surface area is 205 Å². The smallest absolute Gasteiger partial charge is 0.196 e. The van der Waals surface area contributed by atoms with Crippen molar-refractivity contribution in [2.24, 2.45) is 0 Å². The number of hydrogen-bond acceptors (Lipinski definition) is 4. The fourth-order valence-corrected chi connectivity index (χ4v) is 5.37. The maximum Gasteiger partial charge on any atom is 0.196 e. The first-order valence-corrected chi connectivity index (χ1v) is 12.4. The molecule has 6 heteroatoms. The van der Waals surface area contributed by atoms with E-state index in [4.69, 9.17) is 0 Å². The van der Waals surface area contributed by atoms with Crippen molar-refractivity contribution in [3.63, 3.8) is 0 Å². The number of aromatic hydroxyl groups is 1. The number of imidazole rings is 1. The van der Waals surface area contributed by atoms with Crippen molar-refractivity contribution >= 4 is 27.8 Å². The molecule has 0 atom stereocenters. The van der Waals surface area contributed by atoms with Crippen molar-refractivity contribution in [3.05, 3.63) is 78.8 Å². The van der Waals surface area contributed by atoms with Crippen molar-refractivity contribution in [2.75, 3.05) is 18.4 Å². The molecular formula is C29H31N5O. The first-order chi connectivity index (χ1) is 17.1. The maximum absolute atomic E-state index is 9.93. The minimum absolute atomic E-state index is 0.200. The van der Waals surface area contributed by atoms with E-state index in [1.54, 1.807) is 0 Å². The van der Waals surface area contributed by atoms with Gasteiger partial charge >= 0.3 is 0 Å². The lowest BCUT2D eigenvalue weighted by Crippen LogP contribution is -2.37. The Hall–Kier alpha value is -3.77. The molecule has 0 unspecified atom stereocenters. The van der Waals surface area contributed by atoms with Crippen LogP contribution in [0.3, 0.4) is 0 Å². The SMILES string of the molecule is CC(C)N1CCC(c2ccc(Nc3ccc(-c4ccc5c(O)[nH]cc5c4)n4ccnc34)cc2)CC1. The molecule has 2 aromatic carbocycles. The molecule has 3 aromatic heterocycles. The molecule has 1 aliphatic rings. The molecule has 0 saturated carbocycles. The highest BCUT2D eigenvalue weighted by molar-refractivity contribution is 5.91. The van der Waals surface area contributed by atoms with Gasteiger partial charge in [0.15, 0.2) is 11.5 Å². The minimum Gasteiger partial charge on any atom is -0.494 e. The largest absolute Gasteiger partial charge is 0.494 e. The third-order valence-electron chi connectivity index (χ3n) is 7.44. The van der Waals surface area contributed by atoms with Gasteiger partial charge in [-0.25, -0.2) is 4.98 Å². The van der Waals surface area contributed by atoms with Crippen molar-refractivity contribution in [3.8, 4) is 17.1 Å². The summed E-state index contributed by atoms with van der Waals surface area (Å²) in [6.45, 7) is 6.95. The highest BCUT2D eigenvalue weighted by atomic mass is 16.3. The van der Waals surface area contributed by atoms with Crippen molar-refractivity contribution in [2.45, 2.75) is 38.6 Å². The first kappa shape index (κ1) is 21.7. The van der Waals surface area contributed by atoms with E-state index in [2.05, 4.69) is 80.9 Å². The lowest BCUT2D eigenvalue weighted by atomic mass is 9.89. The van der Waals surface area contributed by atoms with E-state index in [1.807, 2.05) is 30.7 Å². The van der Waals surface area contributed by atoms with E-state index in [9.17, 15) is 5.11 Å². The first-order valence-electron chi connectivity index (χ1n) is 12.4. The Bertz CT molecular complexity index is 1470. The van der Waals surface area contributed by atoms with Gasteiger partial charge in [-0.2, -0.15) is 0 Å². The summed E-state index contributed by atoms with van der Waals surface area (Å²) in [6, 6.07) is 19.8. The van der Waals surface area contributed by atoms with Gasteiger partial charge in [0.1, 0.15) is 0 Å². The third kappa shape index (κ3) is 4.04. The lowest BCUT2D eigenvalue weighted by molar-refractivity contribution is 0.172. The molecule has 0 aliphatic carbocycles. The Kier molecular flexibility index (Phi) is 5.46. The van der Waals surface area contributed by atoms with Crippen LogP contribution in [0.5, 0.6) is 5.88 Å². The van der Waals surface area contributed by atoms with E-state index >= 15 is 0 Å². The van der Waals surface area contributed by atoms with Crippen molar-refractivity contribution in [1.29, 1.82) is 0 Å². The number of aromatic nitrogens is 3. The van der Waals surface area contributed by atoms with Gasteiger partial charge in [-0.05, 0) is 93.2 Å². The van der Waals surface area contributed by atoms with Gasteiger partial charge in [0.2, 0.25) is 0 Å². The van der Waals surface area contributed by atoms with Gasteiger partial charge in [0.05, 0.1) is 11.4 Å². The molecule has 4 heterocycles. The average molecular weight is 466 g/mol. The summed E-state index contributed by atoms with van der Waals surface area (Å²) < 4.78 is 2.10. The summed E-state index contributed by atoms with van der Waals surface area (Å²) in [7, 11) is 0. The second-order valence-corrected chi connectivity index (χ2v) is 9.84. The predicted octanol–water partition coefficient (Wildman–Crippen LogP) is 6.52. The summed E-state index contributed by atoms with van der Waals surface area (Å²) >= 11 is 0. The van der Waals surface area contributed by atoms with Crippen LogP contribution in [0.1, 0.15) is 38.2 Å². The molecule has 3 N–H and O–H groups in total. The highest BCUT2D eigenvalue weighted by Crippen LogP contribution is 2.33. The third-order valence-corrected chi connectivity index (χ3v) is 7.44. The van der Waals surface area contributed by atoms with E-state index in [1.165, 1.54) is 31.5 Å². The molecule has 0 bridgehead atoms. The van der Waals surface area contributed by atoms with E-state index in [0.717, 1.165) is 39.1 Å². The van der Waals surface area contributed by atoms with Crippen LogP contribution in [-0.2, 0) is 0 Å². The zero-order valence-corrected chi connectivity index (χ0v) is 20.2. The molecule has 1 fully saturated rings. The van der Waals surface area contributed by atoms with Crippen molar-refractivity contribution in [1.82, 2.24) is 19.3 Å². The number of anilines is 2. The summed E-state index contributed by atoms with van der Waals surface area (Å²) in [5.41, 5.74) is 6.47. The number of H-pyrrole nitrogens is 1.